The molecule has 0 saturated heterocycles. The maximum Gasteiger partial charge on any atom is 0.336 e. The molecule has 2 aromatic carbocycles. The summed E-state index contributed by atoms with van der Waals surface area (Å²) in [5.41, 5.74) is 2.01. The molecule has 0 fully saturated rings. The van der Waals surface area contributed by atoms with E-state index in [9.17, 15) is 4.79 Å². The van der Waals surface area contributed by atoms with Crippen LogP contribution >= 0.6 is 12.6 Å². The third kappa shape index (κ3) is 3.02. The topological polar surface area (TPSA) is 37.3 Å². The highest BCUT2D eigenvalue weighted by Gasteiger charge is 2.05. The number of carboxylic acids is 1. The molecule has 2 rings (SSSR count). The van der Waals surface area contributed by atoms with E-state index in [0.29, 0.717) is 11.1 Å². The lowest BCUT2D eigenvalue weighted by atomic mass is 10.1. The van der Waals surface area contributed by atoms with Gasteiger partial charge in [-0.2, -0.15) is 0 Å². The van der Waals surface area contributed by atoms with Gasteiger partial charge in [0.15, 0.2) is 0 Å². The summed E-state index contributed by atoms with van der Waals surface area (Å²) in [5, 5.41) is 9.06. The average Bonchev–Trinajstić information content (AvgIpc) is 2.38. The van der Waals surface area contributed by atoms with Crippen LogP contribution in [-0.4, -0.2) is 11.1 Å². The fourth-order valence-electron chi connectivity index (χ4n) is 1.61. The summed E-state index contributed by atoms with van der Waals surface area (Å²) in [5.74, 6) is -0.916. The minimum Gasteiger partial charge on any atom is -0.478 e. The van der Waals surface area contributed by atoms with Gasteiger partial charge in [0.25, 0.3) is 0 Å². The molecule has 90 valence electrons. The maximum absolute atomic E-state index is 11.0. The molecule has 0 saturated carbocycles. The van der Waals surface area contributed by atoms with Crippen LogP contribution in [0.3, 0.4) is 0 Å². The Balaban J connectivity index is 2.29. The zero-order valence-corrected chi connectivity index (χ0v) is 10.5. The molecule has 0 atom stereocenters. The number of thiol groups is 1. The predicted molar refractivity (Wildman–Crippen MR) is 76.0 cm³/mol. The molecule has 1 N–H and O–H groups in total. The largest absolute Gasteiger partial charge is 0.478 e. The van der Waals surface area contributed by atoms with Crippen molar-refractivity contribution < 1.29 is 9.90 Å². The predicted octanol–water partition coefficient (Wildman–Crippen LogP) is 3.84. The summed E-state index contributed by atoms with van der Waals surface area (Å²) in [4.78, 5) is 11.9. The van der Waals surface area contributed by atoms with Crippen molar-refractivity contribution in [1.82, 2.24) is 0 Å². The quantitative estimate of drug-likeness (QED) is 0.646. The van der Waals surface area contributed by atoms with E-state index in [1.807, 2.05) is 36.4 Å². The number of hydrogen-bond acceptors (Lipinski definition) is 2. The molecule has 0 aromatic heterocycles. The third-order valence-electron chi connectivity index (χ3n) is 2.54. The lowest BCUT2D eigenvalue weighted by Crippen LogP contribution is -1.98. The summed E-state index contributed by atoms with van der Waals surface area (Å²) in [7, 11) is 0. The summed E-state index contributed by atoms with van der Waals surface area (Å²) >= 11 is 4.21. The number of aromatic carboxylic acids is 1. The first kappa shape index (κ1) is 12.5. The summed E-state index contributed by atoms with van der Waals surface area (Å²) < 4.78 is 0. The van der Waals surface area contributed by atoms with E-state index in [4.69, 9.17) is 5.11 Å². The zero-order valence-electron chi connectivity index (χ0n) is 9.58. The normalized spacial score (nSPS) is 10.7. The molecule has 0 aliphatic rings. The monoisotopic (exact) mass is 256 g/mol. The first-order valence-electron chi connectivity index (χ1n) is 5.46. The molecule has 0 heterocycles. The van der Waals surface area contributed by atoms with Gasteiger partial charge in [0, 0.05) is 4.90 Å². The van der Waals surface area contributed by atoms with Crippen LogP contribution in [0.25, 0.3) is 12.2 Å². The SMILES string of the molecule is O=C(O)c1ccccc1C=Cc1ccc(S)cc1. The van der Waals surface area contributed by atoms with Crippen molar-refractivity contribution in [3.63, 3.8) is 0 Å². The van der Waals surface area contributed by atoms with Gasteiger partial charge in [-0.25, -0.2) is 4.79 Å². The molecule has 0 radical (unpaired) electrons. The molecular formula is C15H12O2S. The Bertz CT molecular complexity index is 586. The van der Waals surface area contributed by atoms with Crippen molar-refractivity contribution in [3.05, 3.63) is 65.2 Å². The highest BCUT2D eigenvalue weighted by Crippen LogP contribution is 2.14. The van der Waals surface area contributed by atoms with Gasteiger partial charge in [-0.1, -0.05) is 42.5 Å². The van der Waals surface area contributed by atoms with Gasteiger partial charge in [0.1, 0.15) is 0 Å². The van der Waals surface area contributed by atoms with Gasteiger partial charge in [-0.15, -0.1) is 12.6 Å². The molecule has 0 unspecified atom stereocenters. The number of benzene rings is 2. The van der Waals surface area contributed by atoms with Crippen molar-refractivity contribution in [2.75, 3.05) is 0 Å². The minimum absolute atomic E-state index is 0.305. The van der Waals surface area contributed by atoms with Crippen LogP contribution in [0.2, 0.25) is 0 Å². The van der Waals surface area contributed by atoms with E-state index in [1.54, 1.807) is 24.3 Å². The molecular weight excluding hydrogens is 244 g/mol. The Kier molecular flexibility index (Phi) is 3.85. The second-order valence-corrected chi connectivity index (χ2v) is 4.33. The van der Waals surface area contributed by atoms with E-state index < -0.39 is 5.97 Å². The average molecular weight is 256 g/mol. The molecule has 3 heteroatoms. The molecule has 18 heavy (non-hydrogen) atoms. The fourth-order valence-corrected chi connectivity index (χ4v) is 1.76. The van der Waals surface area contributed by atoms with Crippen LogP contribution in [0.5, 0.6) is 0 Å². The van der Waals surface area contributed by atoms with Gasteiger partial charge in [-0.3, -0.25) is 0 Å². The summed E-state index contributed by atoms with van der Waals surface area (Å²) in [6, 6.07) is 14.6. The standard InChI is InChI=1S/C15H12O2S/c16-15(17)14-4-2-1-3-12(14)8-5-11-6-9-13(18)10-7-11/h1-10,18H,(H,16,17). The van der Waals surface area contributed by atoms with Crippen molar-refractivity contribution in [2.24, 2.45) is 0 Å². The second kappa shape index (κ2) is 5.56. The van der Waals surface area contributed by atoms with Crippen LogP contribution in [0.1, 0.15) is 21.5 Å². The maximum atomic E-state index is 11.0. The van der Waals surface area contributed by atoms with Crippen LogP contribution < -0.4 is 0 Å². The second-order valence-electron chi connectivity index (χ2n) is 3.82. The Hall–Kier alpha value is -2.00. The lowest BCUT2D eigenvalue weighted by molar-refractivity contribution is 0.0696. The third-order valence-corrected chi connectivity index (χ3v) is 2.84. The van der Waals surface area contributed by atoms with Gasteiger partial charge in [0.05, 0.1) is 5.56 Å². The summed E-state index contributed by atoms with van der Waals surface area (Å²) in [6.07, 6.45) is 3.69. The Morgan fingerprint density at radius 3 is 2.33 bits per heavy atom. The molecule has 0 aliphatic carbocycles. The van der Waals surface area contributed by atoms with Gasteiger partial charge in [-0.05, 0) is 29.3 Å². The first-order chi connectivity index (χ1) is 8.66. The molecule has 2 nitrogen and oxygen atoms in total. The van der Waals surface area contributed by atoms with Gasteiger partial charge < -0.3 is 5.11 Å². The van der Waals surface area contributed by atoms with Gasteiger partial charge >= 0.3 is 5.97 Å². The zero-order chi connectivity index (χ0) is 13.0. The summed E-state index contributed by atoms with van der Waals surface area (Å²) in [6.45, 7) is 0. The molecule has 0 bridgehead atoms. The van der Waals surface area contributed by atoms with E-state index in [-0.39, 0.29) is 0 Å². The fraction of sp³-hybridized carbons (Fsp3) is 0. The first-order valence-corrected chi connectivity index (χ1v) is 5.91. The molecule has 0 spiro atoms. The van der Waals surface area contributed by atoms with E-state index in [0.717, 1.165) is 10.5 Å². The van der Waals surface area contributed by atoms with Crippen molar-refractivity contribution >= 4 is 30.8 Å². The van der Waals surface area contributed by atoms with E-state index in [1.165, 1.54) is 0 Å². The number of carbonyl (C=O) groups is 1. The number of rotatable bonds is 3. The van der Waals surface area contributed by atoms with Crippen LogP contribution in [-0.2, 0) is 0 Å². The molecule has 0 aliphatic heterocycles. The van der Waals surface area contributed by atoms with E-state index in [2.05, 4.69) is 12.6 Å². The van der Waals surface area contributed by atoms with Crippen LogP contribution in [0.15, 0.2) is 53.4 Å². The number of hydrogen-bond donors (Lipinski definition) is 2. The van der Waals surface area contributed by atoms with Crippen LogP contribution in [0, 0.1) is 0 Å². The Morgan fingerprint density at radius 2 is 1.67 bits per heavy atom. The molecule has 0 amide bonds. The van der Waals surface area contributed by atoms with Crippen molar-refractivity contribution in [2.45, 2.75) is 4.90 Å². The van der Waals surface area contributed by atoms with E-state index >= 15 is 0 Å². The highest BCUT2D eigenvalue weighted by molar-refractivity contribution is 7.80. The lowest BCUT2D eigenvalue weighted by Gasteiger charge is -2.00. The van der Waals surface area contributed by atoms with Crippen molar-refractivity contribution in [1.29, 1.82) is 0 Å². The van der Waals surface area contributed by atoms with Gasteiger partial charge in [0.2, 0.25) is 0 Å². The number of carboxylic acid groups (broad SMARTS) is 1. The smallest absolute Gasteiger partial charge is 0.336 e. The highest BCUT2D eigenvalue weighted by atomic mass is 32.1. The van der Waals surface area contributed by atoms with Crippen LogP contribution in [0.4, 0.5) is 0 Å². The Labute approximate surface area is 111 Å². The molecule has 2 aromatic rings. The van der Waals surface area contributed by atoms with Crippen molar-refractivity contribution in [3.8, 4) is 0 Å². The Morgan fingerprint density at radius 1 is 1.00 bits per heavy atom. The minimum atomic E-state index is -0.916.